The maximum Gasteiger partial charge on any atom is 0.155 e. The van der Waals surface area contributed by atoms with Gasteiger partial charge in [-0.15, -0.1) is 0 Å². The van der Waals surface area contributed by atoms with Crippen LogP contribution < -0.4 is 4.98 Å². The summed E-state index contributed by atoms with van der Waals surface area (Å²) in [6.45, 7) is 2.85. The largest absolute Gasteiger partial charge is 0.512 e. The number of fused-ring (bicyclic) bond motifs is 6. The summed E-state index contributed by atoms with van der Waals surface area (Å²) < 4.78 is 2.19. The number of carbonyl (C=O) groups excluding carboxylic acids is 1. The number of rotatable bonds is 2. The quantitative estimate of drug-likeness (QED) is 0.177. The van der Waals surface area contributed by atoms with Crippen molar-refractivity contribution in [1.82, 2.24) is 14.5 Å². The molecule has 3 aromatic heterocycles. The van der Waals surface area contributed by atoms with Crippen molar-refractivity contribution in [3.63, 3.8) is 0 Å². The average molecular weight is 625 g/mol. The predicted octanol–water partition coefficient (Wildman–Crippen LogP) is 6.48. The van der Waals surface area contributed by atoms with Crippen molar-refractivity contribution in [3.8, 4) is 5.82 Å². The molecule has 3 aromatic carbocycles. The minimum absolute atomic E-state index is 0. The minimum atomic E-state index is -0.125. The van der Waals surface area contributed by atoms with Gasteiger partial charge in [0.05, 0.1) is 11.4 Å². The van der Waals surface area contributed by atoms with Gasteiger partial charge in [0.15, 0.2) is 5.78 Å². The zero-order chi connectivity index (χ0) is 22.9. The second kappa shape index (κ2) is 9.64. The number of aliphatic hydroxyl groups is 1. The van der Waals surface area contributed by atoms with Gasteiger partial charge in [-0.1, -0.05) is 79.0 Å². The van der Waals surface area contributed by atoms with Gasteiger partial charge >= 0.3 is 0 Å². The first-order valence-electron chi connectivity index (χ1n) is 10.7. The molecule has 0 aliphatic rings. The van der Waals surface area contributed by atoms with Crippen LogP contribution in [-0.2, 0) is 24.9 Å². The van der Waals surface area contributed by atoms with E-state index in [2.05, 4.69) is 71.3 Å². The zero-order valence-corrected chi connectivity index (χ0v) is 21.1. The number of allylic oxidation sites excluding steroid dienone is 2. The van der Waals surface area contributed by atoms with Gasteiger partial charge in [0.2, 0.25) is 0 Å². The van der Waals surface area contributed by atoms with Crippen LogP contribution in [0.25, 0.3) is 49.3 Å². The third-order valence-corrected chi connectivity index (χ3v) is 5.56. The van der Waals surface area contributed by atoms with Gasteiger partial charge in [-0.25, -0.2) is 0 Å². The Hall–Kier alpha value is -3.73. The molecule has 5 nitrogen and oxygen atoms in total. The van der Waals surface area contributed by atoms with Crippen LogP contribution in [0.15, 0.2) is 97.0 Å². The third-order valence-electron chi connectivity index (χ3n) is 5.56. The number of ketones is 1. The smallest absolute Gasteiger partial charge is 0.155 e. The summed E-state index contributed by atoms with van der Waals surface area (Å²) in [4.78, 5) is 19.6. The van der Waals surface area contributed by atoms with E-state index in [1.54, 1.807) is 0 Å². The molecule has 1 N–H and O–H groups in total. The van der Waals surface area contributed by atoms with Crippen LogP contribution >= 0.6 is 0 Å². The molecule has 6 aromatic rings. The molecular formula is C28H22IrN3O2-. The van der Waals surface area contributed by atoms with Crippen LogP contribution in [0, 0.1) is 0 Å². The van der Waals surface area contributed by atoms with E-state index in [4.69, 9.17) is 15.1 Å². The molecule has 6 heteroatoms. The summed E-state index contributed by atoms with van der Waals surface area (Å²) >= 11 is 0. The normalized spacial score (nSPS) is 11.4. The molecule has 0 spiro atoms. The molecule has 0 aliphatic heterocycles. The molecule has 34 heavy (non-hydrogen) atoms. The Kier molecular flexibility index (Phi) is 6.64. The van der Waals surface area contributed by atoms with E-state index in [9.17, 15) is 4.79 Å². The maximum atomic E-state index is 10.0. The fourth-order valence-corrected chi connectivity index (χ4v) is 4.28. The van der Waals surface area contributed by atoms with Gasteiger partial charge in [0.1, 0.15) is 0 Å². The van der Waals surface area contributed by atoms with Crippen LogP contribution in [-0.4, -0.2) is 20.4 Å². The van der Waals surface area contributed by atoms with Gasteiger partial charge in [-0.3, -0.25) is 9.78 Å². The SMILES string of the molecule is CC(=O)/C=C(/C)O.[Ir].c1ccc2c(-n3c4ccccc4c4c5ccccc5cnc43)[n-]cc2c1. The Morgan fingerprint density at radius 1 is 0.882 bits per heavy atom. The van der Waals surface area contributed by atoms with Crippen LogP contribution in [0.4, 0.5) is 0 Å². The van der Waals surface area contributed by atoms with Gasteiger partial charge in [0, 0.05) is 43.2 Å². The van der Waals surface area contributed by atoms with E-state index < -0.39 is 0 Å². The number of carbonyl (C=O) groups is 1. The van der Waals surface area contributed by atoms with Crippen LogP contribution in [0.1, 0.15) is 13.8 Å². The Bertz CT molecular complexity index is 1670. The van der Waals surface area contributed by atoms with Crippen molar-refractivity contribution < 1.29 is 30.0 Å². The van der Waals surface area contributed by atoms with E-state index in [0.29, 0.717) is 0 Å². The second-order valence-corrected chi connectivity index (χ2v) is 7.96. The van der Waals surface area contributed by atoms with Crippen molar-refractivity contribution in [2.75, 3.05) is 0 Å². The molecule has 0 amide bonds. The molecule has 3 heterocycles. The Labute approximate surface area is 210 Å². The predicted molar refractivity (Wildman–Crippen MR) is 134 cm³/mol. The number of aromatic nitrogens is 3. The number of para-hydroxylation sites is 1. The first kappa shape index (κ1) is 23.4. The number of benzene rings is 3. The summed E-state index contributed by atoms with van der Waals surface area (Å²) in [6, 6.07) is 25.2. The second-order valence-electron chi connectivity index (χ2n) is 7.96. The molecule has 171 valence electrons. The van der Waals surface area contributed by atoms with Gasteiger partial charge < -0.3 is 14.7 Å². The molecule has 0 saturated carbocycles. The van der Waals surface area contributed by atoms with Crippen molar-refractivity contribution in [3.05, 3.63) is 97.0 Å². The van der Waals surface area contributed by atoms with Gasteiger partial charge in [0.25, 0.3) is 0 Å². The van der Waals surface area contributed by atoms with E-state index in [-0.39, 0.29) is 31.6 Å². The summed E-state index contributed by atoms with van der Waals surface area (Å²) in [5.74, 6) is 0.877. The maximum absolute atomic E-state index is 10.0. The standard InChI is InChI=1S/C23H14N3.C5H8O2.Ir/c1-3-9-17-15(7-1)13-25-23-21(17)19-11-5-6-12-20(19)26(23)22-18-10-4-2-8-16(18)14-24-22;1-4(6)3-5(2)7;/h1-14H;3,6H,1-2H3;/q-1;;/b;4-3-;. The Morgan fingerprint density at radius 2 is 1.50 bits per heavy atom. The van der Waals surface area contributed by atoms with Crippen molar-refractivity contribution >= 4 is 49.3 Å². The number of aliphatic hydroxyl groups excluding tert-OH is 1. The molecule has 1 radical (unpaired) electrons. The van der Waals surface area contributed by atoms with Crippen molar-refractivity contribution in [1.29, 1.82) is 0 Å². The molecule has 0 saturated heterocycles. The van der Waals surface area contributed by atoms with Crippen LogP contribution in [0.2, 0.25) is 0 Å². The van der Waals surface area contributed by atoms with Gasteiger partial charge in [-0.05, 0) is 46.7 Å². The Balaban J connectivity index is 0.000000303. The molecule has 0 unspecified atom stereocenters. The molecule has 0 bridgehead atoms. The van der Waals surface area contributed by atoms with Crippen molar-refractivity contribution in [2.45, 2.75) is 13.8 Å². The van der Waals surface area contributed by atoms with Gasteiger partial charge in [-0.2, -0.15) is 0 Å². The van der Waals surface area contributed by atoms with Crippen LogP contribution in [0.3, 0.4) is 0 Å². The molecule has 6 rings (SSSR count). The van der Waals surface area contributed by atoms with E-state index in [1.807, 2.05) is 18.5 Å². The molecule has 0 aliphatic carbocycles. The third kappa shape index (κ3) is 4.14. The summed E-state index contributed by atoms with van der Waals surface area (Å²) in [7, 11) is 0. The van der Waals surface area contributed by atoms with E-state index in [0.717, 1.165) is 33.1 Å². The first-order chi connectivity index (χ1) is 16.0. The summed E-state index contributed by atoms with van der Waals surface area (Å²) in [5.41, 5.74) is 2.09. The number of hydrogen-bond acceptors (Lipinski definition) is 3. The monoisotopic (exact) mass is 625 g/mol. The van der Waals surface area contributed by atoms with Crippen LogP contribution in [0.5, 0.6) is 0 Å². The summed E-state index contributed by atoms with van der Waals surface area (Å²) in [6.07, 6.45) is 5.06. The van der Waals surface area contributed by atoms with Crippen molar-refractivity contribution in [2.24, 2.45) is 0 Å². The number of nitrogens with zero attached hydrogens (tertiary/aromatic N) is 3. The zero-order valence-electron chi connectivity index (χ0n) is 18.7. The fourth-order valence-electron chi connectivity index (χ4n) is 4.28. The Morgan fingerprint density at radius 3 is 2.18 bits per heavy atom. The van der Waals surface area contributed by atoms with E-state index >= 15 is 0 Å². The average Bonchev–Trinajstić information content (AvgIpc) is 3.37. The molecule has 0 fully saturated rings. The number of pyridine rings is 1. The van der Waals surface area contributed by atoms with E-state index in [1.165, 1.54) is 36.1 Å². The molecule has 0 atom stereocenters. The minimum Gasteiger partial charge on any atom is -0.512 e. The first-order valence-corrected chi connectivity index (χ1v) is 10.7. The molecular weight excluding hydrogens is 603 g/mol. The topological polar surface area (TPSA) is 69.2 Å². The fraction of sp³-hybridized carbons (Fsp3) is 0.0714. The summed E-state index contributed by atoms with van der Waals surface area (Å²) in [5, 5.41) is 15.4. The number of hydrogen-bond donors (Lipinski definition) is 1.